The van der Waals surface area contributed by atoms with Crippen LogP contribution in [0.1, 0.15) is 35.1 Å². The van der Waals surface area contributed by atoms with Crippen LogP contribution in [0, 0.1) is 12.8 Å². The van der Waals surface area contributed by atoms with Crippen molar-refractivity contribution in [1.29, 1.82) is 0 Å². The first kappa shape index (κ1) is 36.5. The van der Waals surface area contributed by atoms with Crippen molar-refractivity contribution in [1.82, 2.24) is 9.80 Å². The average Bonchev–Trinajstić information content (AvgIpc) is 3.00. The second-order valence-corrected chi connectivity index (χ2v) is 10.6. The van der Waals surface area contributed by atoms with Crippen molar-refractivity contribution in [2.45, 2.75) is 39.3 Å². The number of nitrogens with zero attached hydrogens (tertiary/aromatic N) is 2. The molecule has 0 aliphatic carbocycles. The minimum atomic E-state index is -1.26. The van der Waals surface area contributed by atoms with Gasteiger partial charge in [-0.25, -0.2) is 19.2 Å². The van der Waals surface area contributed by atoms with E-state index in [9.17, 15) is 19.2 Å². The number of aliphatic carboxylic acids is 4. The number of hydrogen-bond donors (Lipinski definition) is 4. The van der Waals surface area contributed by atoms with Gasteiger partial charge in [-0.3, -0.25) is 9.80 Å². The molecule has 0 spiro atoms. The molecule has 0 bridgehead atoms. The summed E-state index contributed by atoms with van der Waals surface area (Å²) in [5, 5.41) is 31.2. The minimum Gasteiger partial charge on any atom is -0.496 e. The zero-order chi connectivity index (χ0) is 33.4. The molecule has 2 heterocycles. The maximum Gasteiger partial charge on any atom is 0.328 e. The van der Waals surface area contributed by atoms with Crippen molar-refractivity contribution in [2.24, 2.45) is 5.92 Å². The second kappa shape index (κ2) is 18.9. The van der Waals surface area contributed by atoms with Gasteiger partial charge in [0.2, 0.25) is 0 Å². The number of hydrogen-bond acceptors (Lipinski definition) is 8. The zero-order valence-corrected chi connectivity index (χ0v) is 25.8. The largest absolute Gasteiger partial charge is 0.496 e. The number of likely N-dealkylation sites (tertiary alicyclic amines) is 1. The Labute approximate surface area is 262 Å². The van der Waals surface area contributed by atoms with E-state index in [0.29, 0.717) is 24.3 Å². The summed E-state index contributed by atoms with van der Waals surface area (Å²) in [7, 11) is 3.53. The number of carboxylic acid groups (broad SMARTS) is 4. The third kappa shape index (κ3) is 13.7. The first-order chi connectivity index (χ1) is 21.4. The molecule has 4 rings (SSSR count). The Hall–Kier alpha value is -4.68. The molecule has 0 aromatic heterocycles. The third-order valence-corrected chi connectivity index (χ3v) is 7.29. The molecule has 0 saturated carbocycles. The second-order valence-electron chi connectivity index (χ2n) is 10.6. The Balaban J connectivity index is 0.000000365. The molecule has 12 heteroatoms. The molecular formula is C33H42N2O10. The molecule has 2 aromatic rings. The van der Waals surface area contributed by atoms with E-state index in [1.54, 1.807) is 14.2 Å². The summed E-state index contributed by atoms with van der Waals surface area (Å²) < 4.78 is 11.2. The van der Waals surface area contributed by atoms with Gasteiger partial charge in [-0.1, -0.05) is 29.8 Å². The van der Waals surface area contributed by atoms with Gasteiger partial charge in [-0.15, -0.1) is 0 Å². The summed E-state index contributed by atoms with van der Waals surface area (Å²) in [5.41, 5.74) is 5.44. The molecule has 0 atom stereocenters. The summed E-state index contributed by atoms with van der Waals surface area (Å²) in [4.78, 5) is 43.4. The molecule has 244 valence electrons. The molecule has 0 amide bonds. The van der Waals surface area contributed by atoms with Gasteiger partial charge < -0.3 is 29.9 Å². The van der Waals surface area contributed by atoms with Crippen molar-refractivity contribution in [3.63, 3.8) is 0 Å². The first-order valence-corrected chi connectivity index (χ1v) is 14.4. The number of fused-ring (bicyclic) bond motifs is 1. The number of aryl methyl sites for hydroxylation is 1. The molecule has 1 saturated heterocycles. The van der Waals surface area contributed by atoms with E-state index < -0.39 is 23.9 Å². The lowest BCUT2D eigenvalue weighted by Gasteiger charge is -2.37. The van der Waals surface area contributed by atoms with Crippen molar-refractivity contribution in [3.8, 4) is 11.5 Å². The number of ether oxygens (including phenoxy) is 2. The molecule has 45 heavy (non-hydrogen) atoms. The van der Waals surface area contributed by atoms with Crippen molar-refractivity contribution < 1.29 is 49.1 Å². The minimum absolute atomic E-state index is 0.558. The van der Waals surface area contributed by atoms with Gasteiger partial charge in [0, 0.05) is 61.6 Å². The Morgan fingerprint density at radius 3 is 1.73 bits per heavy atom. The van der Waals surface area contributed by atoms with Gasteiger partial charge in [0.25, 0.3) is 0 Å². The van der Waals surface area contributed by atoms with Gasteiger partial charge >= 0.3 is 23.9 Å². The van der Waals surface area contributed by atoms with Crippen LogP contribution in [-0.4, -0.2) is 94.5 Å². The smallest absolute Gasteiger partial charge is 0.328 e. The van der Waals surface area contributed by atoms with Crippen LogP contribution in [0.4, 0.5) is 0 Å². The Morgan fingerprint density at radius 2 is 1.27 bits per heavy atom. The molecule has 12 nitrogen and oxygen atoms in total. The third-order valence-electron chi connectivity index (χ3n) is 7.29. The SMILES string of the molecule is COc1ccc(OC)c2c1CCN(CC1CCN(Cc3cccc(C)c3)CC1)C2.O=C(O)C=CC(=O)O.O=C(O)C=CC(=O)O. The molecule has 0 radical (unpaired) electrons. The topological polar surface area (TPSA) is 174 Å². The highest BCUT2D eigenvalue weighted by atomic mass is 16.5. The van der Waals surface area contributed by atoms with Crippen LogP contribution in [0.5, 0.6) is 11.5 Å². The Bertz CT molecular complexity index is 1300. The van der Waals surface area contributed by atoms with Gasteiger partial charge in [0.05, 0.1) is 14.2 Å². The van der Waals surface area contributed by atoms with E-state index in [0.717, 1.165) is 43.5 Å². The van der Waals surface area contributed by atoms with Crippen molar-refractivity contribution >= 4 is 23.9 Å². The molecule has 2 aliphatic rings. The monoisotopic (exact) mass is 626 g/mol. The summed E-state index contributed by atoms with van der Waals surface area (Å²) in [6.45, 7) is 8.96. The van der Waals surface area contributed by atoms with Gasteiger partial charge in [0.1, 0.15) is 11.5 Å². The number of methoxy groups -OCH3 is 2. The fourth-order valence-corrected chi connectivity index (χ4v) is 5.25. The normalized spacial score (nSPS) is 15.3. The lowest BCUT2D eigenvalue weighted by Crippen LogP contribution is -2.40. The highest BCUT2D eigenvalue weighted by molar-refractivity contribution is 5.90. The van der Waals surface area contributed by atoms with Crippen LogP contribution in [0.25, 0.3) is 0 Å². The fourth-order valence-electron chi connectivity index (χ4n) is 5.25. The summed E-state index contributed by atoms with van der Waals surface area (Å²) >= 11 is 0. The number of benzene rings is 2. The average molecular weight is 627 g/mol. The molecular weight excluding hydrogens is 584 g/mol. The van der Waals surface area contributed by atoms with E-state index in [4.69, 9.17) is 29.9 Å². The molecule has 1 fully saturated rings. The summed E-state index contributed by atoms with van der Waals surface area (Å²) in [5.74, 6) is -2.23. The van der Waals surface area contributed by atoms with Crippen LogP contribution >= 0.6 is 0 Å². The van der Waals surface area contributed by atoms with E-state index in [-0.39, 0.29) is 0 Å². The molecule has 2 aliphatic heterocycles. The Morgan fingerprint density at radius 1 is 0.756 bits per heavy atom. The highest BCUT2D eigenvalue weighted by Gasteiger charge is 2.26. The quantitative estimate of drug-likeness (QED) is 0.282. The number of carbonyl (C=O) groups is 4. The van der Waals surface area contributed by atoms with Gasteiger partial charge in [-0.05, 0) is 62.9 Å². The lowest BCUT2D eigenvalue weighted by atomic mass is 9.93. The maximum absolute atomic E-state index is 9.55. The lowest BCUT2D eigenvalue weighted by molar-refractivity contribution is -0.134. The predicted molar refractivity (Wildman–Crippen MR) is 167 cm³/mol. The van der Waals surface area contributed by atoms with Gasteiger partial charge in [-0.2, -0.15) is 0 Å². The van der Waals surface area contributed by atoms with E-state index >= 15 is 0 Å². The van der Waals surface area contributed by atoms with E-state index in [1.807, 2.05) is 12.1 Å². The summed E-state index contributed by atoms with van der Waals surface area (Å²) in [6.07, 6.45) is 5.87. The number of rotatable bonds is 10. The van der Waals surface area contributed by atoms with E-state index in [2.05, 4.69) is 41.0 Å². The Kier molecular flexibility index (Phi) is 15.3. The summed E-state index contributed by atoms with van der Waals surface area (Å²) in [6, 6.07) is 13.0. The predicted octanol–water partition coefficient (Wildman–Crippen LogP) is 3.71. The number of piperidine rings is 1. The van der Waals surface area contributed by atoms with Crippen molar-refractivity contribution in [2.75, 3.05) is 40.4 Å². The van der Waals surface area contributed by atoms with Crippen LogP contribution in [0.2, 0.25) is 0 Å². The van der Waals surface area contributed by atoms with Crippen LogP contribution in [0.3, 0.4) is 0 Å². The van der Waals surface area contributed by atoms with Gasteiger partial charge in [0.15, 0.2) is 0 Å². The van der Waals surface area contributed by atoms with Crippen molar-refractivity contribution in [3.05, 3.63) is 83.0 Å². The number of carboxylic acids is 4. The highest BCUT2D eigenvalue weighted by Crippen LogP contribution is 2.35. The van der Waals surface area contributed by atoms with Crippen LogP contribution in [-0.2, 0) is 38.7 Å². The first-order valence-electron chi connectivity index (χ1n) is 14.4. The van der Waals surface area contributed by atoms with E-state index in [1.165, 1.54) is 54.7 Å². The molecule has 4 N–H and O–H groups in total. The molecule has 0 unspecified atom stereocenters. The van der Waals surface area contributed by atoms with Crippen LogP contribution < -0.4 is 9.47 Å². The molecule has 2 aromatic carbocycles. The maximum atomic E-state index is 9.55. The standard InChI is InChI=1S/C25H34N2O2.2C4H4O4/c1-19-5-4-6-21(15-19)17-26-12-9-20(10-13-26)16-27-14-11-22-23(18-27)25(29-3)8-7-24(22)28-2;2*5-3(6)1-2-4(7)8/h4-8,15,20H,9-14,16-18H2,1-3H3;2*1-2H,(H,5,6)(H,7,8). The fraction of sp³-hybridized carbons (Fsp3) is 0.394. The zero-order valence-electron chi connectivity index (χ0n) is 25.8. The van der Waals surface area contributed by atoms with Crippen LogP contribution in [0.15, 0.2) is 60.7 Å².